The molecule has 2 rings (SSSR count). The van der Waals surface area contributed by atoms with Crippen LogP contribution >= 0.6 is 0 Å². The van der Waals surface area contributed by atoms with Gasteiger partial charge in [-0.3, -0.25) is 0 Å². The van der Waals surface area contributed by atoms with Gasteiger partial charge in [0.15, 0.2) is 0 Å². The van der Waals surface area contributed by atoms with Crippen LogP contribution in [0.4, 0.5) is 0 Å². The molecule has 0 saturated carbocycles. The van der Waals surface area contributed by atoms with E-state index in [2.05, 4.69) is 50.0 Å². The smallest absolute Gasteiger partial charge is 0.0456 e. The monoisotopic (exact) mass is 241 g/mol. The first-order valence-corrected chi connectivity index (χ1v) is 7.03. The standard InChI is InChI=1S/C17H23N/c1-4-7-14-10-11-16(17-9-6-12-18-17)13(3)15(14)8-5-2/h6,9-12,18H,4-5,7-8H2,1-3H3. The van der Waals surface area contributed by atoms with E-state index in [1.165, 1.54) is 48.1 Å². The minimum absolute atomic E-state index is 1.19. The lowest BCUT2D eigenvalue weighted by Gasteiger charge is -2.15. The van der Waals surface area contributed by atoms with Crippen molar-refractivity contribution < 1.29 is 0 Å². The molecule has 0 saturated heterocycles. The predicted molar refractivity (Wildman–Crippen MR) is 79.0 cm³/mol. The van der Waals surface area contributed by atoms with Gasteiger partial charge in [0.2, 0.25) is 0 Å². The summed E-state index contributed by atoms with van der Waals surface area (Å²) in [6, 6.07) is 8.80. The summed E-state index contributed by atoms with van der Waals surface area (Å²) in [5.41, 5.74) is 7.13. The van der Waals surface area contributed by atoms with Gasteiger partial charge >= 0.3 is 0 Å². The third kappa shape index (κ3) is 2.50. The second-order valence-electron chi connectivity index (χ2n) is 4.96. The predicted octanol–water partition coefficient (Wildman–Crippen LogP) is 4.90. The van der Waals surface area contributed by atoms with E-state index < -0.39 is 0 Å². The second kappa shape index (κ2) is 5.90. The maximum Gasteiger partial charge on any atom is 0.0456 e. The molecule has 0 aliphatic heterocycles. The Bertz CT molecular complexity index is 495. The molecule has 2 aromatic rings. The van der Waals surface area contributed by atoms with Crippen LogP contribution in [0.5, 0.6) is 0 Å². The third-order valence-electron chi connectivity index (χ3n) is 3.60. The Morgan fingerprint density at radius 1 is 1.00 bits per heavy atom. The molecule has 1 heteroatoms. The number of nitrogens with one attached hydrogen (secondary N) is 1. The highest BCUT2D eigenvalue weighted by atomic mass is 14.7. The highest BCUT2D eigenvalue weighted by Crippen LogP contribution is 2.28. The molecule has 0 amide bonds. The lowest BCUT2D eigenvalue weighted by molar-refractivity contribution is 0.854. The average Bonchev–Trinajstić information content (AvgIpc) is 2.88. The van der Waals surface area contributed by atoms with Crippen molar-refractivity contribution in [1.82, 2.24) is 4.98 Å². The summed E-state index contributed by atoms with van der Waals surface area (Å²) in [5.74, 6) is 0. The first-order chi connectivity index (χ1) is 8.77. The topological polar surface area (TPSA) is 15.8 Å². The van der Waals surface area contributed by atoms with Crippen LogP contribution < -0.4 is 0 Å². The fourth-order valence-electron chi connectivity index (χ4n) is 2.70. The van der Waals surface area contributed by atoms with Crippen LogP contribution in [0.2, 0.25) is 0 Å². The van der Waals surface area contributed by atoms with Crippen molar-refractivity contribution in [2.24, 2.45) is 0 Å². The van der Waals surface area contributed by atoms with E-state index in [4.69, 9.17) is 0 Å². The lowest BCUT2D eigenvalue weighted by Crippen LogP contribution is -1.99. The molecule has 1 N–H and O–H groups in total. The van der Waals surface area contributed by atoms with Crippen molar-refractivity contribution in [2.45, 2.75) is 46.5 Å². The van der Waals surface area contributed by atoms with Gasteiger partial charge < -0.3 is 4.98 Å². The summed E-state index contributed by atoms with van der Waals surface area (Å²) in [4.78, 5) is 3.32. The van der Waals surface area contributed by atoms with Gasteiger partial charge in [0, 0.05) is 17.5 Å². The Hall–Kier alpha value is -1.50. The highest BCUT2D eigenvalue weighted by Gasteiger charge is 2.10. The summed E-state index contributed by atoms with van der Waals surface area (Å²) in [6.07, 6.45) is 6.81. The number of aryl methyl sites for hydroxylation is 1. The fourth-order valence-corrected chi connectivity index (χ4v) is 2.70. The van der Waals surface area contributed by atoms with Crippen LogP contribution in [-0.4, -0.2) is 4.98 Å². The van der Waals surface area contributed by atoms with Crippen LogP contribution in [0.25, 0.3) is 11.3 Å². The molecule has 0 spiro atoms. The van der Waals surface area contributed by atoms with Gasteiger partial charge in [-0.15, -0.1) is 0 Å². The van der Waals surface area contributed by atoms with E-state index >= 15 is 0 Å². The molecule has 0 bridgehead atoms. The highest BCUT2D eigenvalue weighted by molar-refractivity contribution is 5.66. The molecule has 96 valence electrons. The maximum atomic E-state index is 3.32. The van der Waals surface area contributed by atoms with E-state index in [0.29, 0.717) is 0 Å². The van der Waals surface area contributed by atoms with Crippen LogP contribution in [0.1, 0.15) is 43.4 Å². The van der Waals surface area contributed by atoms with Crippen LogP contribution in [0.3, 0.4) is 0 Å². The first kappa shape index (κ1) is 12.9. The first-order valence-electron chi connectivity index (χ1n) is 7.03. The fraction of sp³-hybridized carbons (Fsp3) is 0.412. The zero-order valence-electron chi connectivity index (χ0n) is 11.7. The SMILES string of the molecule is CCCc1ccc(-c2ccc[nH]2)c(C)c1CCC. The number of rotatable bonds is 5. The van der Waals surface area contributed by atoms with E-state index in [1.54, 1.807) is 5.56 Å². The number of hydrogen-bond donors (Lipinski definition) is 1. The normalized spacial score (nSPS) is 10.8. The number of hydrogen-bond acceptors (Lipinski definition) is 0. The zero-order chi connectivity index (χ0) is 13.0. The summed E-state index contributed by atoms with van der Waals surface area (Å²) < 4.78 is 0. The Labute approximate surface area is 110 Å². The van der Waals surface area contributed by atoms with Crippen molar-refractivity contribution in [3.63, 3.8) is 0 Å². The summed E-state index contributed by atoms with van der Waals surface area (Å²) >= 11 is 0. The number of H-pyrrole nitrogens is 1. The molecule has 1 nitrogen and oxygen atoms in total. The van der Waals surface area contributed by atoms with Gasteiger partial charge in [-0.25, -0.2) is 0 Å². The zero-order valence-corrected chi connectivity index (χ0v) is 11.7. The largest absolute Gasteiger partial charge is 0.361 e. The lowest BCUT2D eigenvalue weighted by atomic mass is 9.91. The summed E-state index contributed by atoms with van der Waals surface area (Å²) in [6.45, 7) is 6.78. The Balaban J connectivity index is 2.48. The molecule has 0 fully saturated rings. The van der Waals surface area contributed by atoms with Crippen molar-refractivity contribution >= 4 is 0 Å². The van der Waals surface area contributed by atoms with Crippen LogP contribution in [0.15, 0.2) is 30.5 Å². The van der Waals surface area contributed by atoms with Crippen LogP contribution in [-0.2, 0) is 12.8 Å². The van der Waals surface area contributed by atoms with E-state index in [9.17, 15) is 0 Å². The molecule has 0 radical (unpaired) electrons. The van der Waals surface area contributed by atoms with Gasteiger partial charge in [-0.05, 0) is 48.6 Å². The Morgan fingerprint density at radius 3 is 2.39 bits per heavy atom. The Kier molecular flexibility index (Phi) is 4.24. The van der Waals surface area contributed by atoms with E-state index in [1.807, 2.05) is 6.20 Å². The average molecular weight is 241 g/mol. The summed E-state index contributed by atoms with van der Waals surface area (Å²) in [7, 11) is 0. The number of aromatic nitrogens is 1. The van der Waals surface area contributed by atoms with Crippen molar-refractivity contribution in [3.05, 3.63) is 47.2 Å². The van der Waals surface area contributed by atoms with Crippen molar-refractivity contribution in [2.75, 3.05) is 0 Å². The summed E-state index contributed by atoms with van der Waals surface area (Å²) in [5, 5.41) is 0. The van der Waals surface area contributed by atoms with Gasteiger partial charge in [0.1, 0.15) is 0 Å². The third-order valence-corrected chi connectivity index (χ3v) is 3.60. The molecule has 0 aliphatic rings. The molecular formula is C17H23N. The molecule has 1 heterocycles. The molecule has 0 aliphatic carbocycles. The molecule has 1 aromatic heterocycles. The van der Waals surface area contributed by atoms with Crippen molar-refractivity contribution in [1.29, 1.82) is 0 Å². The van der Waals surface area contributed by atoms with Gasteiger partial charge in [-0.1, -0.05) is 38.8 Å². The molecule has 1 aromatic carbocycles. The minimum atomic E-state index is 1.19. The molecule has 0 unspecified atom stereocenters. The van der Waals surface area contributed by atoms with Gasteiger partial charge in [0.25, 0.3) is 0 Å². The molecule has 0 atom stereocenters. The van der Waals surface area contributed by atoms with Crippen LogP contribution in [0, 0.1) is 6.92 Å². The second-order valence-corrected chi connectivity index (χ2v) is 4.96. The molecule has 18 heavy (non-hydrogen) atoms. The van der Waals surface area contributed by atoms with E-state index in [0.717, 1.165) is 0 Å². The number of aromatic amines is 1. The quantitative estimate of drug-likeness (QED) is 0.766. The molecular weight excluding hydrogens is 218 g/mol. The maximum absolute atomic E-state index is 3.32. The van der Waals surface area contributed by atoms with Gasteiger partial charge in [-0.2, -0.15) is 0 Å². The van der Waals surface area contributed by atoms with Gasteiger partial charge in [0.05, 0.1) is 0 Å². The van der Waals surface area contributed by atoms with E-state index in [-0.39, 0.29) is 0 Å². The van der Waals surface area contributed by atoms with Crippen molar-refractivity contribution in [3.8, 4) is 11.3 Å². The minimum Gasteiger partial charge on any atom is -0.361 e. The Morgan fingerprint density at radius 2 is 1.78 bits per heavy atom. The number of benzene rings is 1.